The minimum absolute atomic E-state index is 0.554. The third-order valence-corrected chi connectivity index (χ3v) is 9.76. The van der Waals surface area contributed by atoms with E-state index in [1.54, 1.807) is 0 Å². The summed E-state index contributed by atoms with van der Waals surface area (Å²) in [6, 6.07) is 51.0. The largest absolute Gasteiger partial charge is 0.456 e. The summed E-state index contributed by atoms with van der Waals surface area (Å²) in [5, 5.41) is 6.17. The lowest BCUT2D eigenvalue weighted by atomic mass is 9.95. The maximum atomic E-state index is 6.73. The van der Waals surface area contributed by atoms with Crippen molar-refractivity contribution in [3.8, 4) is 45.3 Å². The van der Waals surface area contributed by atoms with Crippen LogP contribution in [-0.2, 0) is 0 Å². The van der Waals surface area contributed by atoms with E-state index < -0.39 is 0 Å². The van der Waals surface area contributed by atoms with Gasteiger partial charge in [-0.05, 0) is 54.1 Å². The SMILES string of the molecule is c1ccc(-c2nc(-c3ccc4c(c3)oc3ccccc34)nc(-c3ccc(-c4cccc5oc6ccccc6c45)c4oc5ccccc5c34)n2)cc1. The van der Waals surface area contributed by atoms with Crippen molar-refractivity contribution in [2.45, 2.75) is 0 Å². The molecule has 51 heavy (non-hydrogen) atoms. The number of nitrogens with zero attached hydrogens (tertiary/aromatic N) is 3. The predicted molar refractivity (Wildman–Crippen MR) is 203 cm³/mol. The van der Waals surface area contributed by atoms with Gasteiger partial charge in [0.15, 0.2) is 17.5 Å². The van der Waals surface area contributed by atoms with Gasteiger partial charge in [-0.25, -0.2) is 15.0 Å². The van der Waals surface area contributed by atoms with Crippen LogP contribution in [0.15, 0.2) is 165 Å². The van der Waals surface area contributed by atoms with Crippen LogP contribution in [0, 0.1) is 0 Å². The van der Waals surface area contributed by atoms with Crippen LogP contribution in [0.2, 0.25) is 0 Å². The number of para-hydroxylation sites is 3. The Hall–Kier alpha value is -7.05. The van der Waals surface area contributed by atoms with Crippen molar-refractivity contribution in [1.29, 1.82) is 0 Å². The van der Waals surface area contributed by atoms with Crippen molar-refractivity contribution in [2.24, 2.45) is 0 Å². The standard InChI is InChI=1S/C45H25N3O3/c1-2-11-26(12-3-1)43-46-44(27-21-22-29-28-13-4-7-17-35(28)50-39(29)25-27)48-45(47-43)34-24-23-31(42-41(34)33-15-6-9-19-37(33)51-42)30-16-10-20-38-40(30)32-14-5-8-18-36(32)49-38/h1-25H. The first-order valence-corrected chi connectivity index (χ1v) is 16.9. The second-order valence-electron chi connectivity index (χ2n) is 12.7. The summed E-state index contributed by atoms with van der Waals surface area (Å²) >= 11 is 0. The average Bonchev–Trinajstić information content (AvgIpc) is 3.89. The predicted octanol–water partition coefficient (Wildman–Crippen LogP) is 12.2. The number of fused-ring (bicyclic) bond motifs is 9. The molecule has 0 unspecified atom stereocenters. The fourth-order valence-corrected chi connectivity index (χ4v) is 7.43. The Morgan fingerprint density at radius 3 is 1.69 bits per heavy atom. The molecule has 6 nitrogen and oxygen atoms in total. The van der Waals surface area contributed by atoms with Crippen molar-refractivity contribution < 1.29 is 13.3 Å². The molecular formula is C45H25N3O3. The van der Waals surface area contributed by atoms with Crippen LogP contribution in [0.4, 0.5) is 0 Å². The molecule has 0 atom stereocenters. The first kappa shape index (κ1) is 27.9. The molecule has 11 rings (SSSR count). The molecule has 0 fully saturated rings. The highest BCUT2D eigenvalue weighted by Crippen LogP contribution is 2.45. The van der Waals surface area contributed by atoms with Crippen LogP contribution < -0.4 is 0 Å². The van der Waals surface area contributed by atoms with Gasteiger partial charge in [0.05, 0.1) is 0 Å². The second kappa shape index (κ2) is 10.7. The minimum atomic E-state index is 0.554. The normalized spacial score (nSPS) is 11.9. The van der Waals surface area contributed by atoms with Crippen LogP contribution in [0.1, 0.15) is 0 Å². The van der Waals surface area contributed by atoms with Crippen molar-refractivity contribution >= 4 is 65.8 Å². The highest BCUT2D eigenvalue weighted by Gasteiger charge is 2.23. The van der Waals surface area contributed by atoms with Crippen molar-refractivity contribution in [2.75, 3.05) is 0 Å². The van der Waals surface area contributed by atoms with Crippen LogP contribution in [-0.4, -0.2) is 15.0 Å². The summed E-state index contributed by atoms with van der Waals surface area (Å²) in [5.74, 6) is 1.69. The third-order valence-electron chi connectivity index (χ3n) is 9.76. The van der Waals surface area contributed by atoms with Crippen molar-refractivity contribution in [3.63, 3.8) is 0 Å². The topological polar surface area (TPSA) is 78.1 Å². The molecule has 11 aromatic rings. The fraction of sp³-hybridized carbons (Fsp3) is 0. The van der Waals surface area contributed by atoms with Crippen LogP contribution in [0.3, 0.4) is 0 Å². The zero-order valence-electron chi connectivity index (χ0n) is 27.0. The number of rotatable bonds is 4. The van der Waals surface area contributed by atoms with Gasteiger partial charge in [-0.15, -0.1) is 0 Å². The Morgan fingerprint density at radius 1 is 0.314 bits per heavy atom. The van der Waals surface area contributed by atoms with E-state index in [4.69, 9.17) is 28.2 Å². The smallest absolute Gasteiger partial charge is 0.164 e. The molecule has 4 aromatic heterocycles. The number of benzene rings is 7. The molecule has 0 aliphatic heterocycles. The average molecular weight is 656 g/mol. The molecule has 6 heteroatoms. The molecule has 0 aliphatic carbocycles. The minimum Gasteiger partial charge on any atom is -0.456 e. The summed E-state index contributed by atoms with van der Waals surface area (Å²) in [4.78, 5) is 15.3. The van der Waals surface area contributed by atoms with Crippen molar-refractivity contribution in [1.82, 2.24) is 15.0 Å². The maximum Gasteiger partial charge on any atom is 0.164 e. The van der Waals surface area contributed by atoms with E-state index in [2.05, 4.69) is 48.5 Å². The Bertz CT molecular complexity index is 3150. The second-order valence-corrected chi connectivity index (χ2v) is 12.7. The lowest BCUT2D eigenvalue weighted by Gasteiger charge is -2.11. The number of aromatic nitrogens is 3. The van der Waals surface area contributed by atoms with Gasteiger partial charge in [0.1, 0.15) is 33.5 Å². The van der Waals surface area contributed by atoms with E-state index in [1.165, 1.54) is 0 Å². The van der Waals surface area contributed by atoms with Crippen molar-refractivity contribution in [3.05, 3.63) is 152 Å². The van der Waals surface area contributed by atoms with Gasteiger partial charge in [-0.2, -0.15) is 0 Å². The number of hydrogen-bond donors (Lipinski definition) is 0. The van der Waals surface area contributed by atoms with Gasteiger partial charge in [0, 0.05) is 54.6 Å². The van der Waals surface area contributed by atoms with E-state index in [9.17, 15) is 0 Å². The zero-order valence-corrected chi connectivity index (χ0v) is 27.0. The summed E-state index contributed by atoms with van der Waals surface area (Å²) in [5.41, 5.74) is 9.46. The van der Waals surface area contributed by atoms with Crippen LogP contribution in [0.5, 0.6) is 0 Å². The number of furan rings is 3. The highest BCUT2D eigenvalue weighted by atomic mass is 16.3. The fourth-order valence-electron chi connectivity index (χ4n) is 7.43. The van der Waals surface area contributed by atoms with Gasteiger partial charge < -0.3 is 13.3 Å². The molecule has 0 aliphatic rings. The lowest BCUT2D eigenvalue weighted by molar-refractivity contribution is 0.668. The quantitative estimate of drug-likeness (QED) is 0.188. The number of hydrogen-bond acceptors (Lipinski definition) is 6. The summed E-state index contributed by atoms with van der Waals surface area (Å²) < 4.78 is 19.3. The summed E-state index contributed by atoms with van der Waals surface area (Å²) in [6.07, 6.45) is 0. The van der Waals surface area contributed by atoms with E-state index in [0.29, 0.717) is 17.5 Å². The Morgan fingerprint density at radius 2 is 0.882 bits per heavy atom. The zero-order chi connectivity index (χ0) is 33.5. The van der Waals surface area contributed by atoms with Gasteiger partial charge >= 0.3 is 0 Å². The van der Waals surface area contributed by atoms with Gasteiger partial charge in [0.2, 0.25) is 0 Å². The molecule has 0 amide bonds. The lowest BCUT2D eigenvalue weighted by Crippen LogP contribution is -2.00. The first-order chi connectivity index (χ1) is 25.3. The Kier molecular flexibility index (Phi) is 5.86. The van der Waals surface area contributed by atoms with Gasteiger partial charge in [-0.1, -0.05) is 103 Å². The summed E-state index contributed by atoms with van der Waals surface area (Å²) in [6.45, 7) is 0. The molecular weight excluding hydrogens is 631 g/mol. The van der Waals surface area contributed by atoms with Gasteiger partial charge in [-0.3, -0.25) is 0 Å². The molecule has 0 saturated carbocycles. The Labute approximate surface area is 290 Å². The van der Waals surface area contributed by atoms with E-state index in [1.807, 2.05) is 103 Å². The molecule has 0 saturated heterocycles. The van der Waals surface area contributed by atoms with E-state index in [-0.39, 0.29) is 0 Å². The molecule has 0 radical (unpaired) electrons. The monoisotopic (exact) mass is 655 g/mol. The first-order valence-electron chi connectivity index (χ1n) is 16.9. The molecule has 238 valence electrons. The Balaban J connectivity index is 1.18. The van der Waals surface area contributed by atoms with E-state index >= 15 is 0 Å². The molecule has 4 heterocycles. The van der Waals surface area contributed by atoms with E-state index in [0.717, 1.165) is 93.6 Å². The van der Waals surface area contributed by atoms with Gasteiger partial charge in [0.25, 0.3) is 0 Å². The molecule has 0 bridgehead atoms. The molecule has 0 N–H and O–H groups in total. The highest BCUT2D eigenvalue weighted by molar-refractivity contribution is 6.20. The molecule has 7 aromatic carbocycles. The maximum absolute atomic E-state index is 6.73. The third kappa shape index (κ3) is 4.26. The van der Waals surface area contributed by atoms with Crippen LogP contribution >= 0.6 is 0 Å². The van der Waals surface area contributed by atoms with Crippen LogP contribution in [0.25, 0.3) is 111 Å². The molecule has 0 spiro atoms. The summed E-state index contributed by atoms with van der Waals surface area (Å²) in [7, 11) is 0.